The van der Waals surface area contributed by atoms with Crippen LogP contribution >= 0.6 is 24.0 Å². The molecule has 0 spiro atoms. The molecule has 1 aromatic heterocycles. The Morgan fingerprint density at radius 1 is 1.61 bits per heavy atom. The van der Waals surface area contributed by atoms with Crippen molar-refractivity contribution in [2.75, 3.05) is 20.1 Å². The molecule has 1 amide bonds. The number of nitrogens with one attached hydrogen (secondary N) is 1. The van der Waals surface area contributed by atoms with Crippen molar-refractivity contribution in [1.82, 2.24) is 15.2 Å². The van der Waals surface area contributed by atoms with E-state index in [0.29, 0.717) is 5.56 Å². The molecule has 1 aromatic rings. The quantitative estimate of drug-likeness (QED) is 0.847. The fourth-order valence-electron chi connectivity index (χ4n) is 2.07. The molecule has 1 aliphatic heterocycles. The highest BCUT2D eigenvalue weighted by Crippen LogP contribution is 2.17. The Morgan fingerprint density at radius 2 is 2.39 bits per heavy atom. The maximum atomic E-state index is 12.2. The van der Waals surface area contributed by atoms with Gasteiger partial charge in [0.2, 0.25) is 0 Å². The molecule has 0 aromatic carbocycles. The lowest BCUT2D eigenvalue weighted by atomic mass is 10.1. The van der Waals surface area contributed by atoms with E-state index in [4.69, 9.17) is 11.6 Å². The molecule has 0 radical (unpaired) electrons. The molecule has 18 heavy (non-hydrogen) atoms. The van der Waals surface area contributed by atoms with Crippen LogP contribution in [-0.2, 0) is 0 Å². The van der Waals surface area contributed by atoms with Crippen molar-refractivity contribution in [3.05, 3.63) is 29.0 Å². The van der Waals surface area contributed by atoms with Crippen LogP contribution in [-0.4, -0.2) is 42.0 Å². The van der Waals surface area contributed by atoms with Crippen LogP contribution in [0, 0.1) is 0 Å². The van der Waals surface area contributed by atoms with Crippen LogP contribution in [0.2, 0.25) is 5.15 Å². The second kappa shape index (κ2) is 6.92. The van der Waals surface area contributed by atoms with Crippen LogP contribution in [0.15, 0.2) is 18.3 Å². The lowest BCUT2D eigenvalue weighted by Crippen LogP contribution is -2.46. The van der Waals surface area contributed by atoms with E-state index < -0.39 is 0 Å². The fraction of sp³-hybridized carbons (Fsp3) is 0.500. The Balaban J connectivity index is 0.00000162. The second-order valence-electron chi connectivity index (χ2n) is 4.26. The fourth-order valence-corrected chi connectivity index (χ4v) is 2.27. The Hall–Kier alpha value is -0.840. The topological polar surface area (TPSA) is 45.2 Å². The largest absolute Gasteiger partial charge is 0.337 e. The highest BCUT2D eigenvalue weighted by Gasteiger charge is 2.24. The first kappa shape index (κ1) is 15.2. The summed E-state index contributed by atoms with van der Waals surface area (Å²) in [4.78, 5) is 17.9. The summed E-state index contributed by atoms with van der Waals surface area (Å²) in [7, 11) is 1.82. The van der Waals surface area contributed by atoms with Gasteiger partial charge in [-0.25, -0.2) is 4.98 Å². The molecule has 1 fully saturated rings. The lowest BCUT2D eigenvalue weighted by molar-refractivity contribution is 0.0708. The minimum Gasteiger partial charge on any atom is -0.337 e. The Morgan fingerprint density at radius 3 is 3.00 bits per heavy atom. The maximum Gasteiger partial charge on any atom is 0.257 e. The number of halogens is 2. The Labute approximate surface area is 118 Å². The van der Waals surface area contributed by atoms with Gasteiger partial charge in [-0.15, -0.1) is 12.4 Å². The van der Waals surface area contributed by atoms with E-state index in [-0.39, 0.29) is 29.5 Å². The van der Waals surface area contributed by atoms with Crippen LogP contribution < -0.4 is 5.32 Å². The first-order valence-electron chi connectivity index (χ1n) is 5.78. The van der Waals surface area contributed by atoms with E-state index in [0.717, 1.165) is 25.9 Å². The average molecular weight is 290 g/mol. The number of likely N-dealkylation sites (N-methyl/N-ethyl adjacent to an activating group) is 1. The lowest BCUT2D eigenvalue weighted by Gasteiger charge is -2.31. The molecule has 0 bridgehead atoms. The van der Waals surface area contributed by atoms with Gasteiger partial charge in [0, 0.05) is 25.8 Å². The zero-order valence-electron chi connectivity index (χ0n) is 10.2. The van der Waals surface area contributed by atoms with Crippen molar-refractivity contribution >= 4 is 29.9 Å². The van der Waals surface area contributed by atoms with Crippen molar-refractivity contribution in [3.8, 4) is 0 Å². The van der Waals surface area contributed by atoms with E-state index >= 15 is 0 Å². The number of aromatic nitrogens is 1. The first-order chi connectivity index (χ1) is 8.20. The average Bonchev–Trinajstić information content (AvgIpc) is 2.39. The zero-order valence-corrected chi connectivity index (χ0v) is 11.8. The normalized spacial score (nSPS) is 18.9. The molecule has 1 saturated heterocycles. The van der Waals surface area contributed by atoms with Gasteiger partial charge in [0.25, 0.3) is 5.91 Å². The van der Waals surface area contributed by atoms with Gasteiger partial charge >= 0.3 is 0 Å². The van der Waals surface area contributed by atoms with Crippen LogP contribution in [0.1, 0.15) is 23.2 Å². The molecule has 4 nitrogen and oxygen atoms in total. The number of rotatable bonds is 2. The summed E-state index contributed by atoms with van der Waals surface area (Å²) in [6.45, 7) is 1.88. The predicted octanol–water partition coefficient (Wildman–Crippen LogP) is 1.98. The summed E-state index contributed by atoms with van der Waals surface area (Å²) < 4.78 is 0. The molecule has 1 unspecified atom stereocenters. The highest BCUT2D eigenvalue weighted by molar-refractivity contribution is 6.32. The van der Waals surface area contributed by atoms with Crippen molar-refractivity contribution in [2.24, 2.45) is 0 Å². The molecule has 0 saturated carbocycles. The number of pyridine rings is 1. The minimum absolute atomic E-state index is 0. The third-order valence-corrected chi connectivity index (χ3v) is 3.43. The first-order valence-corrected chi connectivity index (χ1v) is 6.16. The van der Waals surface area contributed by atoms with Crippen LogP contribution in [0.3, 0.4) is 0 Å². The molecular weight excluding hydrogens is 273 g/mol. The molecular formula is C12H17Cl2N3O. The summed E-state index contributed by atoms with van der Waals surface area (Å²) in [5.74, 6) is -0.0585. The van der Waals surface area contributed by atoms with Gasteiger partial charge in [-0.3, -0.25) is 4.79 Å². The highest BCUT2D eigenvalue weighted by atomic mass is 35.5. The summed E-state index contributed by atoms with van der Waals surface area (Å²) in [5, 5.41) is 3.57. The van der Waals surface area contributed by atoms with E-state index in [1.54, 1.807) is 23.2 Å². The SMILES string of the molecule is CN(C(=O)c1cccnc1Cl)C1CCCNC1.Cl. The number of piperidine rings is 1. The van der Waals surface area contributed by atoms with Gasteiger partial charge in [-0.05, 0) is 31.5 Å². The van der Waals surface area contributed by atoms with E-state index in [2.05, 4.69) is 10.3 Å². The monoisotopic (exact) mass is 289 g/mol. The van der Waals surface area contributed by atoms with Crippen LogP contribution in [0.5, 0.6) is 0 Å². The summed E-state index contributed by atoms with van der Waals surface area (Å²) in [6, 6.07) is 3.68. The van der Waals surface area contributed by atoms with Gasteiger partial charge in [0.05, 0.1) is 5.56 Å². The number of nitrogens with zero attached hydrogens (tertiary/aromatic N) is 2. The van der Waals surface area contributed by atoms with E-state index in [9.17, 15) is 4.79 Å². The van der Waals surface area contributed by atoms with Crippen LogP contribution in [0.4, 0.5) is 0 Å². The zero-order chi connectivity index (χ0) is 12.3. The number of carbonyl (C=O) groups excluding carboxylic acids is 1. The van der Waals surface area contributed by atoms with Crippen molar-refractivity contribution < 1.29 is 4.79 Å². The maximum absolute atomic E-state index is 12.2. The smallest absolute Gasteiger partial charge is 0.257 e. The second-order valence-corrected chi connectivity index (χ2v) is 4.62. The van der Waals surface area contributed by atoms with Crippen molar-refractivity contribution in [3.63, 3.8) is 0 Å². The van der Waals surface area contributed by atoms with Gasteiger partial charge in [-0.2, -0.15) is 0 Å². The predicted molar refractivity (Wildman–Crippen MR) is 74.5 cm³/mol. The van der Waals surface area contributed by atoms with Gasteiger partial charge in [0.1, 0.15) is 5.15 Å². The number of amides is 1. The third-order valence-electron chi connectivity index (χ3n) is 3.13. The standard InChI is InChI=1S/C12H16ClN3O.ClH/c1-16(9-4-2-6-14-8-9)12(17)10-5-3-7-15-11(10)13;/h3,5,7,9,14H,2,4,6,8H2,1H3;1H. The van der Waals surface area contributed by atoms with E-state index in [1.165, 1.54) is 0 Å². The van der Waals surface area contributed by atoms with Gasteiger partial charge in [-0.1, -0.05) is 11.6 Å². The Kier molecular flexibility index (Phi) is 5.85. The minimum atomic E-state index is -0.0585. The van der Waals surface area contributed by atoms with Gasteiger partial charge < -0.3 is 10.2 Å². The molecule has 1 N–H and O–H groups in total. The number of hydrogen-bond acceptors (Lipinski definition) is 3. The van der Waals surface area contributed by atoms with Crippen molar-refractivity contribution in [1.29, 1.82) is 0 Å². The number of hydrogen-bond donors (Lipinski definition) is 1. The Bertz CT molecular complexity index is 408. The molecule has 100 valence electrons. The van der Waals surface area contributed by atoms with Crippen LogP contribution in [0.25, 0.3) is 0 Å². The van der Waals surface area contributed by atoms with Crippen molar-refractivity contribution in [2.45, 2.75) is 18.9 Å². The molecule has 1 aliphatic rings. The van der Waals surface area contributed by atoms with Gasteiger partial charge in [0.15, 0.2) is 0 Å². The van der Waals surface area contributed by atoms with E-state index in [1.807, 2.05) is 7.05 Å². The third kappa shape index (κ3) is 3.34. The molecule has 2 rings (SSSR count). The molecule has 1 atom stereocenters. The molecule has 6 heteroatoms. The summed E-state index contributed by atoms with van der Waals surface area (Å²) in [5.41, 5.74) is 0.474. The summed E-state index contributed by atoms with van der Waals surface area (Å²) >= 11 is 5.93. The summed E-state index contributed by atoms with van der Waals surface area (Å²) in [6.07, 6.45) is 3.72. The molecule has 0 aliphatic carbocycles. The molecule has 2 heterocycles. The number of carbonyl (C=O) groups is 1.